The number of hydrogen-bond acceptors (Lipinski definition) is 2. The van der Waals surface area contributed by atoms with Crippen molar-refractivity contribution < 1.29 is 4.74 Å². The molecule has 1 rings (SSSR count). The van der Waals surface area contributed by atoms with Gasteiger partial charge in [0.2, 0.25) is 0 Å². The van der Waals surface area contributed by atoms with Crippen LogP contribution in [0.3, 0.4) is 0 Å². The van der Waals surface area contributed by atoms with Gasteiger partial charge in [-0.3, -0.25) is 0 Å². The van der Waals surface area contributed by atoms with E-state index in [4.69, 9.17) is 4.74 Å². The molecular formula is C17H29NO. The van der Waals surface area contributed by atoms with Gasteiger partial charge in [0, 0.05) is 12.1 Å². The zero-order valence-electron chi connectivity index (χ0n) is 13.8. The predicted molar refractivity (Wildman–Crippen MR) is 83.0 cm³/mol. The molecular weight excluding hydrogens is 234 g/mol. The van der Waals surface area contributed by atoms with Crippen molar-refractivity contribution in [2.45, 2.75) is 59.6 Å². The molecule has 19 heavy (non-hydrogen) atoms. The summed E-state index contributed by atoms with van der Waals surface area (Å²) in [5, 5.41) is 0. The molecule has 0 saturated carbocycles. The highest BCUT2D eigenvalue weighted by Gasteiger charge is 2.19. The van der Waals surface area contributed by atoms with Gasteiger partial charge in [0.25, 0.3) is 0 Å². The first-order valence-corrected chi connectivity index (χ1v) is 7.06. The second-order valence-corrected chi connectivity index (χ2v) is 6.94. The summed E-state index contributed by atoms with van der Waals surface area (Å²) in [5.41, 5.74) is 4.06. The van der Waals surface area contributed by atoms with Crippen LogP contribution in [0.25, 0.3) is 0 Å². The van der Waals surface area contributed by atoms with Crippen molar-refractivity contribution in [2.75, 3.05) is 14.1 Å². The highest BCUT2D eigenvalue weighted by molar-refractivity contribution is 5.46. The highest BCUT2D eigenvalue weighted by atomic mass is 16.5. The van der Waals surface area contributed by atoms with E-state index in [0.29, 0.717) is 0 Å². The van der Waals surface area contributed by atoms with Crippen LogP contribution >= 0.6 is 0 Å². The summed E-state index contributed by atoms with van der Waals surface area (Å²) < 4.78 is 6.02. The lowest BCUT2D eigenvalue weighted by Gasteiger charge is -2.25. The van der Waals surface area contributed by atoms with Crippen LogP contribution in [-0.4, -0.2) is 25.1 Å². The van der Waals surface area contributed by atoms with Gasteiger partial charge in [-0.15, -0.1) is 0 Å². The predicted octanol–water partition coefficient (Wildman–Crippen LogP) is 4.14. The molecule has 1 aromatic rings. The van der Waals surface area contributed by atoms with Crippen LogP contribution < -0.4 is 4.74 Å². The van der Waals surface area contributed by atoms with Crippen LogP contribution in [0, 0.1) is 6.92 Å². The summed E-state index contributed by atoms with van der Waals surface area (Å²) in [6.45, 7) is 14.0. The van der Waals surface area contributed by atoms with E-state index in [9.17, 15) is 0 Å². The van der Waals surface area contributed by atoms with Gasteiger partial charge < -0.3 is 9.64 Å². The number of benzene rings is 1. The molecule has 0 saturated heterocycles. The molecule has 0 N–H and O–H groups in total. The molecule has 2 heteroatoms. The van der Waals surface area contributed by atoms with Crippen LogP contribution in [0.5, 0.6) is 5.75 Å². The van der Waals surface area contributed by atoms with Crippen molar-refractivity contribution in [1.29, 1.82) is 0 Å². The Balaban J connectivity index is 3.30. The average molecular weight is 263 g/mol. The summed E-state index contributed by atoms with van der Waals surface area (Å²) in [6.07, 6.45) is 0.208. The Morgan fingerprint density at radius 2 is 1.74 bits per heavy atom. The standard InChI is InChI=1S/C17H29NO/c1-12(2)19-16-13(3)9-15(17(4,5)6)10-14(16)11-18(7)8/h9-10,12H,11H2,1-8H3. The third-order valence-electron chi connectivity index (χ3n) is 3.06. The topological polar surface area (TPSA) is 12.5 Å². The van der Waals surface area contributed by atoms with Crippen molar-refractivity contribution >= 4 is 0 Å². The zero-order valence-corrected chi connectivity index (χ0v) is 13.8. The monoisotopic (exact) mass is 263 g/mol. The first-order valence-electron chi connectivity index (χ1n) is 7.06. The summed E-state index contributed by atoms with van der Waals surface area (Å²) in [5.74, 6) is 1.05. The lowest BCUT2D eigenvalue weighted by molar-refractivity contribution is 0.234. The van der Waals surface area contributed by atoms with E-state index >= 15 is 0 Å². The third-order valence-corrected chi connectivity index (χ3v) is 3.06. The van der Waals surface area contributed by atoms with Gasteiger partial charge in [-0.25, -0.2) is 0 Å². The molecule has 1 aromatic carbocycles. The molecule has 2 nitrogen and oxygen atoms in total. The summed E-state index contributed by atoms with van der Waals surface area (Å²) >= 11 is 0. The van der Waals surface area contributed by atoms with Crippen molar-refractivity contribution in [3.05, 3.63) is 28.8 Å². The fraction of sp³-hybridized carbons (Fsp3) is 0.647. The van der Waals surface area contributed by atoms with E-state index in [1.165, 1.54) is 16.7 Å². The highest BCUT2D eigenvalue weighted by Crippen LogP contribution is 2.32. The average Bonchev–Trinajstić information content (AvgIpc) is 2.20. The van der Waals surface area contributed by atoms with E-state index in [1.54, 1.807) is 0 Å². The number of hydrogen-bond donors (Lipinski definition) is 0. The fourth-order valence-corrected chi connectivity index (χ4v) is 2.14. The SMILES string of the molecule is Cc1cc(C(C)(C)C)cc(CN(C)C)c1OC(C)C. The molecule has 108 valence electrons. The Kier molecular flexibility index (Phi) is 5.03. The van der Waals surface area contributed by atoms with Gasteiger partial charge in [-0.1, -0.05) is 32.9 Å². The normalized spacial score (nSPS) is 12.3. The Morgan fingerprint density at radius 1 is 1.16 bits per heavy atom. The molecule has 0 fully saturated rings. The second kappa shape index (κ2) is 5.96. The zero-order chi connectivity index (χ0) is 14.8. The molecule has 0 atom stereocenters. The smallest absolute Gasteiger partial charge is 0.127 e. The molecule has 0 spiro atoms. The molecule has 0 unspecified atom stereocenters. The fourth-order valence-electron chi connectivity index (χ4n) is 2.14. The van der Waals surface area contributed by atoms with Crippen LogP contribution in [0.4, 0.5) is 0 Å². The molecule has 0 amide bonds. The second-order valence-electron chi connectivity index (χ2n) is 6.94. The number of rotatable bonds is 4. The van der Waals surface area contributed by atoms with E-state index < -0.39 is 0 Å². The molecule has 0 radical (unpaired) electrons. The van der Waals surface area contributed by atoms with E-state index in [2.05, 4.69) is 72.7 Å². The molecule has 0 bridgehead atoms. The Labute approximate surface area is 118 Å². The Hall–Kier alpha value is -1.02. The maximum absolute atomic E-state index is 6.02. The quantitative estimate of drug-likeness (QED) is 0.809. The van der Waals surface area contributed by atoms with Crippen molar-refractivity contribution in [3.63, 3.8) is 0 Å². The lowest BCUT2D eigenvalue weighted by Crippen LogP contribution is -2.18. The van der Waals surface area contributed by atoms with E-state index in [0.717, 1.165) is 12.3 Å². The Bertz CT molecular complexity index is 428. The van der Waals surface area contributed by atoms with Crippen LogP contribution in [0.2, 0.25) is 0 Å². The number of aryl methyl sites for hydroxylation is 1. The van der Waals surface area contributed by atoms with Crippen LogP contribution in [0.15, 0.2) is 12.1 Å². The third kappa shape index (κ3) is 4.54. The van der Waals surface area contributed by atoms with Gasteiger partial charge in [-0.05, 0) is 51.4 Å². The largest absolute Gasteiger partial charge is 0.490 e. The molecule has 0 heterocycles. The van der Waals surface area contributed by atoms with Crippen molar-refractivity contribution in [1.82, 2.24) is 4.90 Å². The minimum Gasteiger partial charge on any atom is -0.490 e. The van der Waals surface area contributed by atoms with Gasteiger partial charge in [0.1, 0.15) is 5.75 Å². The summed E-state index contributed by atoms with van der Waals surface area (Å²) in [6, 6.07) is 4.56. The maximum atomic E-state index is 6.02. The van der Waals surface area contributed by atoms with Gasteiger partial charge in [0.05, 0.1) is 6.10 Å². The van der Waals surface area contributed by atoms with Crippen molar-refractivity contribution in [3.8, 4) is 5.75 Å². The number of nitrogens with zero attached hydrogens (tertiary/aromatic N) is 1. The van der Waals surface area contributed by atoms with Crippen LogP contribution in [0.1, 0.15) is 51.3 Å². The van der Waals surface area contributed by atoms with Gasteiger partial charge >= 0.3 is 0 Å². The molecule has 0 aliphatic carbocycles. The maximum Gasteiger partial charge on any atom is 0.127 e. The minimum absolute atomic E-state index is 0.169. The molecule has 0 aromatic heterocycles. The molecule has 0 aliphatic rings. The van der Waals surface area contributed by atoms with Crippen LogP contribution in [-0.2, 0) is 12.0 Å². The summed E-state index contributed by atoms with van der Waals surface area (Å²) in [4.78, 5) is 2.19. The molecule has 0 aliphatic heterocycles. The van der Waals surface area contributed by atoms with Gasteiger partial charge in [0.15, 0.2) is 0 Å². The summed E-state index contributed by atoms with van der Waals surface area (Å²) in [7, 11) is 4.19. The minimum atomic E-state index is 0.169. The number of ether oxygens (including phenoxy) is 1. The van der Waals surface area contributed by atoms with E-state index in [1.807, 2.05) is 0 Å². The van der Waals surface area contributed by atoms with Crippen molar-refractivity contribution in [2.24, 2.45) is 0 Å². The first kappa shape index (κ1) is 16.0. The first-order chi connectivity index (χ1) is 8.61. The van der Waals surface area contributed by atoms with E-state index in [-0.39, 0.29) is 11.5 Å². The lowest BCUT2D eigenvalue weighted by atomic mass is 9.84. The van der Waals surface area contributed by atoms with Gasteiger partial charge in [-0.2, -0.15) is 0 Å². The Morgan fingerprint density at radius 3 is 2.16 bits per heavy atom.